The van der Waals surface area contributed by atoms with E-state index in [2.05, 4.69) is 181 Å². The van der Waals surface area contributed by atoms with Gasteiger partial charge in [-0.1, -0.05) is 109 Å². The lowest BCUT2D eigenvalue weighted by molar-refractivity contribution is 1.18. The number of aromatic nitrogens is 2. The number of benzene rings is 7. The summed E-state index contributed by atoms with van der Waals surface area (Å²) in [6.07, 6.45) is 0. The van der Waals surface area contributed by atoms with Crippen LogP contribution in [0.15, 0.2) is 158 Å². The Morgan fingerprint density at radius 2 is 0.609 bits per heavy atom. The summed E-state index contributed by atoms with van der Waals surface area (Å²) < 4.78 is 4.75. The lowest BCUT2D eigenvalue weighted by atomic mass is 9.92. The molecule has 0 aliphatic rings. The second-order valence-corrected chi connectivity index (χ2v) is 12.3. The van der Waals surface area contributed by atoms with Gasteiger partial charge >= 0.3 is 0 Å². The molecule has 0 aliphatic heterocycles. The Bertz CT molecular complexity index is 2290. The van der Waals surface area contributed by atoms with E-state index in [9.17, 15) is 0 Å². The highest BCUT2D eigenvalue weighted by molar-refractivity contribution is 6.10. The first kappa shape index (κ1) is 26.5. The summed E-state index contributed by atoms with van der Waals surface area (Å²) in [7, 11) is 0. The van der Waals surface area contributed by atoms with Crippen LogP contribution in [0.25, 0.3) is 77.2 Å². The summed E-state index contributed by atoms with van der Waals surface area (Å²) in [6.45, 7) is 4.46. The molecule has 0 radical (unpaired) electrons. The number of para-hydroxylation sites is 4. The third-order valence-corrected chi connectivity index (χ3v) is 9.60. The number of hydrogen-bond acceptors (Lipinski definition) is 0. The van der Waals surface area contributed by atoms with Crippen LogP contribution in [-0.2, 0) is 0 Å². The summed E-state index contributed by atoms with van der Waals surface area (Å²) in [5.41, 5.74) is 14.9. The van der Waals surface area contributed by atoms with E-state index >= 15 is 0 Å². The zero-order chi connectivity index (χ0) is 30.8. The molecule has 0 spiro atoms. The van der Waals surface area contributed by atoms with E-state index in [1.54, 1.807) is 0 Å². The van der Waals surface area contributed by atoms with E-state index in [0.717, 1.165) is 0 Å². The van der Waals surface area contributed by atoms with Crippen molar-refractivity contribution in [2.75, 3.05) is 0 Å². The Balaban J connectivity index is 1.06. The van der Waals surface area contributed by atoms with Crippen molar-refractivity contribution < 1.29 is 0 Å². The van der Waals surface area contributed by atoms with Crippen molar-refractivity contribution in [1.82, 2.24) is 9.13 Å². The summed E-state index contributed by atoms with van der Waals surface area (Å²) in [4.78, 5) is 0. The Labute approximate surface area is 268 Å². The van der Waals surface area contributed by atoms with E-state index in [1.165, 1.54) is 88.4 Å². The molecule has 7 aromatic carbocycles. The van der Waals surface area contributed by atoms with Crippen LogP contribution in [0.3, 0.4) is 0 Å². The zero-order valence-electron chi connectivity index (χ0n) is 25.9. The molecule has 0 amide bonds. The normalized spacial score (nSPS) is 11.7. The number of rotatable bonds is 4. The maximum absolute atomic E-state index is 2.37. The van der Waals surface area contributed by atoms with Gasteiger partial charge in [-0.15, -0.1) is 0 Å². The molecule has 2 heterocycles. The van der Waals surface area contributed by atoms with Crippen LogP contribution in [0.5, 0.6) is 0 Å². The summed E-state index contributed by atoms with van der Waals surface area (Å²) in [5, 5.41) is 5.14. The maximum Gasteiger partial charge on any atom is 0.0541 e. The average molecular weight is 589 g/mol. The summed E-state index contributed by atoms with van der Waals surface area (Å²) in [6, 6.07) is 57.5. The number of nitrogens with zero attached hydrogens (tertiary/aromatic N) is 2. The van der Waals surface area contributed by atoms with Crippen LogP contribution >= 0.6 is 0 Å². The molecule has 2 heteroatoms. The fraction of sp³-hybridized carbons (Fsp3) is 0.0455. The first-order valence-corrected chi connectivity index (χ1v) is 15.9. The first-order chi connectivity index (χ1) is 22.7. The van der Waals surface area contributed by atoms with Crippen LogP contribution in [-0.4, -0.2) is 9.13 Å². The van der Waals surface area contributed by atoms with Crippen molar-refractivity contribution in [3.05, 3.63) is 169 Å². The van der Waals surface area contributed by atoms with Crippen LogP contribution in [0.4, 0.5) is 0 Å². The van der Waals surface area contributed by atoms with Gasteiger partial charge in [-0.05, 0) is 95.8 Å². The van der Waals surface area contributed by atoms with Crippen molar-refractivity contribution in [2.45, 2.75) is 13.8 Å². The zero-order valence-corrected chi connectivity index (χ0v) is 25.9. The lowest BCUT2D eigenvalue weighted by Crippen LogP contribution is -1.95. The molecule has 0 saturated carbocycles. The highest BCUT2D eigenvalue weighted by Crippen LogP contribution is 2.36. The van der Waals surface area contributed by atoms with Gasteiger partial charge in [-0.25, -0.2) is 0 Å². The molecule has 0 aliphatic carbocycles. The number of hydrogen-bond donors (Lipinski definition) is 0. The van der Waals surface area contributed by atoms with Gasteiger partial charge in [0.1, 0.15) is 0 Å². The topological polar surface area (TPSA) is 9.86 Å². The van der Waals surface area contributed by atoms with E-state index in [0.29, 0.717) is 0 Å². The lowest BCUT2D eigenvalue weighted by Gasteiger charge is -2.15. The van der Waals surface area contributed by atoms with E-state index in [4.69, 9.17) is 0 Å². The summed E-state index contributed by atoms with van der Waals surface area (Å²) >= 11 is 0. The van der Waals surface area contributed by atoms with E-state index < -0.39 is 0 Å². The molecule has 2 nitrogen and oxygen atoms in total. The molecule has 2 aromatic heterocycles. The van der Waals surface area contributed by atoms with Crippen molar-refractivity contribution in [3.8, 4) is 33.6 Å². The molecule has 0 saturated heterocycles. The van der Waals surface area contributed by atoms with Crippen molar-refractivity contribution in [1.29, 1.82) is 0 Å². The molecule has 0 fully saturated rings. The highest BCUT2D eigenvalue weighted by atomic mass is 15.0. The average Bonchev–Trinajstić information content (AvgIpc) is 3.63. The molecular weight excluding hydrogens is 556 g/mol. The second-order valence-electron chi connectivity index (χ2n) is 12.3. The second kappa shape index (κ2) is 10.4. The van der Waals surface area contributed by atoms with Gasteiger partial charge in [-0.2, -0.15) is 0 Å². The van der Waals surface area contributed by atoms with Gasteiger partial charge in [0, 0.05) is 32.9 Å². The van der Waals surface area contributed by atoms with Gasteiger partial charge in [0.15, 0.2) is 0 Å². The van der Waals surface area contributed by atoms with Gasteiger partial charge in [0.25, 0.3) is 0 Å². The molecule has 0 unspecified atom stereocenters. The fourth-order valence-electron chi connectivity index (χ4n) is 7.42. The molecule has 9 aromatic rings. The van der Waals surface area contributed by atoms with Crippen LogP contribution < -0.4 is 0 Å². The Morgan fingerprint density at radius 1 is 0.326 bits per heavy atom. The summed E-state index contributed by atoms with van der Waals surface area (Å²) in [5.74, 6) is 0. The van der Waals surface area contributed by atoms with Crippen LogP contribution in [0, 0.1) is 13.8 Å². The van der Waals surface area contributed by atoms with Crippen molar-refractivity contribution in [3.63, 3.8) is 0 Å². The number of aryl methyl sites for hydroxylation is 2. The SMILES string of the molecule is Cc1cc(-c2ccc(-n3c4ccccc4c4ccccc43)cc2)c(C)cc1-c1ccc(-n2c3ccccc3c3ccccc32)cc1. The van der Waals surface area contributed by atoms with Crippen molar-refractivity contribution >= 4 is 43.6 Å². The van der Waals surface area contributed by atoms with Gasteiger partial charge in [0.2, 0.25) is 0 Å². The van der Waals surface area contributed by atoms with Crippen LogP contribution in [0.2, 0.25) is 0 Å². The third kappa shape index (κ3) is 4.04. The Morgan fingerprint density at radius 3 is 0.913 bits per heavy atom. The van der Waals surface area contributed by atoms with Gasteiger partial charge in [0.05, 0.1) is 22.1 Å². The largest absolute Gasteiger partial charge is 0.309 e. The minimum absolute atomic E-state index is 1.18. The highest BCUT2D eigenvalue weighted by Gasteiger charge is 2.14. The Hall–Kier alpha value is -5.86. The first-order valence-electron chi connectivity index (χ1n) is 15.9. The number of fused-ring (bicyclic) bond motifs is 6. The van der Waals surface area contributed by atoms with Gasteiger partial charge in [-0.3, -0.25) is 0 Å². The smallest absolute Gasteiger partial charge is 0.0541 e. The molecule has 0 atom stereocenters. The quantitative estimate of drug-likeness (QED) is 0.194. The fourth-order valence-corrected chi connectivity index (χ4v) is 7.42. The predicted octanol–water partition coefficient (Wildman–Crippen LogP) is 11.8. The standard InChI is InChI=1S/C44H32N2/c1-29-27-40(32-21-25-34(26-22-32)46-43-17-9-5-13-37(43)38-14-6-10-18-44(38)46)30(2)28-39(29)31-19-23-33(24-20-31)45-41-15-7-3-11-35(41)36-12-4-8-16-42(36)45/h3-28H,1-2H3. The molecule has 218 valence electrons. The van der Waals surface area contributed by atoms with E-state index in [1.807, 2.05) is 0 Å². The molecule has 0 N–H and O–H groups in total. The third-order valence-electron chi connectivity index (χ3n) is 9.60. The molecule has 46 heavy (non-hydrogen) atoms. The molecule has 0 bridgehead atoms. The minimum Gasteiger partial charge on any atom is -0.309 e. The van der Waals surface area contributed by atoms with Gasteiger partial charge < -0.3 is 9.13 Å². The Kier molecular flexibility index (Phi) is 5.97. The van der Waals surface area contributed by atoms with Crippen molar-refractivity contribution in [2.24, 2.45) is 0 Å². The minimum atomic E-state index is 1.18. The molecular formula is C44H32N2. The molecule has 9 rings (SSSR count). The maximum atomic E-state index is 2.37. The van der Waals surface area contributed by atoms with E-state index in [-0.39, 0.29) is 0 Å². The monoisotopic (exact) mass is 588 g/mol. The predicted molar refractivity (Wildman–Crippen MR) is 195 cm³/mol. The van der Waals surface area contributed by atoms with Crippen LogP contribution in [0.1, 0.15) is 11.1 Å².